The zero-order chi connectivity index (χ0) is 21.5. The largest absolute Gasteiger partial charge is 0.298 e. The number of para-hydroxylation sites is 2. The van der Waals surface area contributed by atoms with Crippen molar-refractivity contribution in [2.45, 2.75) is 20.8 Å². The number of hydrogen-bond donors (Lipinski definition) is 1. The predicted molar refractivity (Wildman–Crippen MR) is 126 cm³/mol. The van der Waals surface area contributed by atoms with Gasteiger partial charge in [0, 0.05) is 16.9 Å². The van der Waals surface area contributed by atoms with Gasteiger partial charge in [-0.15, -0.1) is 0 Å². The fourth-order valence-electron chi connectivity index (χ4n) is 4.37. The summed E-state index contributed by atoms with van der Waals surface area (Å²) in [5.74, 6) is 0.788. The number of rotatable bonds is 3. The van der Waals surface area contributed by atoms with Gasteiger partial charge < -0.3 is 0 Å². The average Bonchev–Trinajstić information content (AvgIpc) is 3.05. The van der Waals surface area contributed by atoms with Crippen LogP contribution in [0.15, 0.2) is 84.9 Å². The van der Waals surface area contributed by atoms with Crippen LogP contribution in [0, 0.1) is 26.2 Å². The number of hydrogen-bond acceptors (Lipinski definition) is 2. The monoisotopic (exact) mass is 404 g/mol. The smallest absolute Gasteiger partial charge is 0.150 e. The Morgan fingerprint density at radius 1 is 0.710 bits per heavy atom. The van der Waals surface area contributed by atoms with Crippen molar-refractivity contribution in [3.05, 3.63) is 107 Å². The first-order chi connectivity index (χ1) is 15.1. The second kappa shape index (κ2) is 7.40. The highest BCUT2D eigenvalue weighted by molar-refractivity contribution is 5.84. The van der Waals surface area contributed by atoms with Gasteiger partial charge in [-0.25, -0.2) is 4.98 Å². The first-order valence-corrected chi connectivity index (χ1v) is 10.4. The Labute approximate surface area is 181 Å². The number of aromatic nitrogens is 3. The number of aryl methyl sites for hydroxylation is 2. The summed E-state index contributed by atoms with van der Waals surface area (Å²) in [4.78, 5) is 5.01. The Kier molecular flexibility index (Phi) is 4.55. The van der Waals surface area contributed by atoms with Gasteiger partial charge in [-0.05, 0) is 50.1 Å². The lowest BCUT2D eigenvalue weighted by Crippen LogP contribution is -2.23. The zero-order valence-electron chi connectivity index (χ0n) is 17.9. The summed E-state index contributed by atoms with van der Waals surface area (Å²) in [6.07, 6.45) is 0. The lowest BCUT2D eigenvalue weighted by atomic mass is 10.0. The Morgan fingerprint density at radius 2 is 1.32 bits per heavy atom. The van der Waals surface area contributed by atoms with E-state index in [0.717, 1.165) is 50.6 Å². The molecule has 1 N–H and O–H groups in total. The molecule has 0 amide bonds. The topological polar surface area (TPSA) is 46.6 Å². The van der Waals surface area contributed by atoms with Crippen LogP contribution in [0.25, 0.3) is 33.5 Å². The number of benzene rings is 3. The molecule has 5 rings (SSSR count). The van der Waals surface area contributed by atoms with Crippen molar-refractivity contribution < 1.29 is 0 Å². The highest BCUT2D eigenvalue weighted by Crippen LogP contribution is 2.29. The molecule has 0 aliphatic heterocycles. The average molecular weight is 405 g/mol. The van der Waals surface area contributed by atoms with E-state index in [0.29, 0.717) is 5.49 Å². The van der Waals surface area contributed by atoms with Crippen molar-refractivity contribution in [1.29, 1.82) is 5.41 Å². The zero-order valence-corrected chi connectivity index (χ0v) is 17.9. The summed E-state index contributed by atoms with van der Waals surface area (Å²) < 4.78 is 4.12. The molecular weight excluding hydrogens is 380 g/mol. The number of fused-ring (bicyclic) bond motifs is 1. The maximum atomic E-state index is 9.20. The lowest BCUT2D eigenvalue weighted by molar-refractivity contribution is 0.850. The molecule has 0 bridgehead atoms. The minimum atomic E-state index is 0.459. The van der Waals surface area contributed by atoms with Crippen LogP contribution >= 0.6 is 0 Å². The van der Waals surface area contributed by atoms with Crippen LogP contribution in [0.4, 0.5) is 0 Å². The van der Waals surface area contributed by atoms with Crippen LogP contribution in [0.2, 0.25) is 0 Å². The Balaban J connectivity index is 1.84. The van der Waals surface area contributed by atoms with Crippen molar-refractivity contribution in [2.75, 3.05) is 0 Å². The maximum absolute atomic E-state index is 9.20. The minimum absolute atomic E-state index is 0.459. The summed E-state index contributed by atoms with van der Waals surface area (Å²) in [6.45, 7) is 6.16. The Bertz CT molecular complexity index is 1460. The van der Waals surface area contributed by atoms with Gasteiger partial charge in [0.2, 0.25) is 0 Å². The molecule has 0 aliphatic rings. The second-order valence-electron chi connectivity index (χ2n) is 7.81. The molecular formula is C27H24N4. The molecule has 0 aliphatic carbocycles. The van der Waals surface area contributed by atoms with Crippen LogP contribution in [-0.4, -0.2) is 14.1 Å². The molecule has 4 nitrogen and oxygen atoms in total. The van der Waals surface area contributed by atoms with E-state index in [2.05, 4.69) is 54.8 Å². The van der Waals surface area contributed by atoms with Gasteiger partial charge in [0.05, 0.1) is 11.1 Å². The lowest BCUT2D eigenvalue weighted by Gasteiger charge is -2.16. The van der Waals surface area contributed by atoms with Gasteiger partial charge in [-0.1, -0.05) is 66.7 Å². The summed E-state index contributed by atoms with van der Waals surface area (Å²) >= 11 is 0. The van der Waals surface area contributed by atoms with E-state index in [-0.39, 0.29) is 0 Å². The molecule has 0 spiro atoms. The fraction of sp³-hybridized carbons (Fsp3) is 0.111. The fourth-order valence-corrected chi connectivity index (χ4v) is 4.37. The van der Waals surface area contributed by atoms with E-state index < -0.39 is 0 Å². The number of nitrogens with one attached hydrogen (secondary N) is 1. The molecule has 0 radical (unpaired) electrons. The molecule has 0 fully saturated rings. The molecule has 5 aromatic rings. The summed E-state index contributed by atoms with van der Waals surface area (Å²) in [5, 5.41) is 10.1. The molecule has 0 saturated carbocycles. The molecule has 31 heavy (non-hydrogen) atoms. The van der Waals surface area contributed by atoms with Crippen LogP contribution < -0.4 is 5.49 Å². The molecule has 0 unspecified atom stereocenters. The first-order valence-electron chi connectivity index (χ1n) is 10.4. The van der Waals surface area contributed by atoms with E-state index >= 15 is 0 Å². The van der Waals surface area contributed by atoms with Crippen molar-refractivity contribution >= 4 is 11.0 Å². The van der Waals surface area contributed by atoms with Crippen LogP contribution in [0.3, 0.4) is 0 Å². The standard InChI is InChI=1S/C27H24N4/c1-18-19(2)30(22-14-8-5-9-15-22)27-25(18)26(28)31(20(3)29-27)24-17-11-10-16-23(24)21-12-6-4-7-13-21/h4-17,28H,1-3H3. The summed E-state index contributed by atoms with van der Waals surface area (Å²) in [6, 6.07) is 28.8. The molecule has 0 atom stereocenters. The predicted octanol–water partition coefficient (Wildman–Crippen LogP) is 5.89. The highest BCUT2D eigenvalue weighted by Gasteiger charge is 2.19. The second-order valence-corrected chi connectivity index (χ2v) is 7.81. The van der Waals surface area contributed by atoms with Crippen LogP contribution in [0.1, 0.15) is 17.1 Å². The molecule has 2 aromatic heterocycles. The third-order valence-corrected chi connectivity index (χ3v) is 5.98. The van der Waals surface area contributed by atoms with E-state index in [1.54, 1.807) is 0 Å². The third kappa shape index (κ3) is 2.99. The molecule has 2 heterocycles. The number of nitrogens with zero attached hydrogens (tertiary/aromatic N) is 3. The van der Waals surface area contributed by atoms with Crippen molar-refractivity contribution in [3.8, 4) is 22.5 Å². The normalized spacial score (nSPS) is 11.2. The van der Waals surface area contributed by atoms with Gasteiger partial charge in [0.15, 0.2) is 5.65 Å². The molecule has 152 valence electrons. The van der Waals surface area contributed by atoms with Gasteiger partial charge in [0.1, 0.15) is 11.3 Å². The highest BCUT2D eigenvalue weighted by atomic mass is 15.1. The molecule has 3 aromatic carbocycles. The van der Waals surface area contributed by atoms with Crippen molar-refractivity contribution in [2.24, 2.45) is 0 Å². The Morgan fingerprint density at radius 3 is 2.03 bits per heavy atom. The summed E-state index contributed by atoms with van der Waals surface area (Å²) in [5.41, 5.74) is 7.72. The van der Waals surface area contributed by atoms with Gasteiger partial charge in [-0.2, -0.15) is 0 Å². The molecule has 0 saturated heterocycles. The third-order valence-electron chi connectivity index (χ3n) is 5.98. The van der Waals surface area contributed by atoms with Crippen molar-refractivity contribution in [3.63, 3.8) is 0 Å². The van der Waals surface area contributed by atoms with E-state index in [9.17, 15) is 5.41 Å². The summed E-state index contributed by atoms with van der Waals surface area (Å²) in [7, 11) is 0. The first kappa shape index (κ1) is 19.1. The molecule has 4 heteroatoms. The van der Waals surface area contributed by atoms with E-state index in [1.807, 2.05) is 60.0 Å². The maximum Gasteiger partial charge on any atom is 0.150 e. The minimum Gasteiger partial charge on any atom is -0.298 e. The van der Waals surface area contributed by atoms with Gasteiger partial charge in [-0.3, -0.25) is 14.5 Å². The van der Waals surface area contributed by atoms with Gasteiger partial charge >= 0.3 is 0 Å². The van der Waals surface area contributed by atoms with Crippen LogP contribution in [-0.2, 0) is 0 Å². The van der Waals surface area contributed by atoms with Gasteiger partial charge in [0.25, 0.3) is 0 Å². The SMILES string of the molecule is Cc1c(C)n(-c2ccccc2)c2nc(C)n(-c3ccccc3-c3ccccc3)c(=N)c12. The quantitative estimate of drug-likeness (QED) is 0.400. The Hall–Kier alpha value is -3.92. The van der Waals surface area contributed by atoms with E-state index in [4.69, 9.17) is 4.98 Å². The van der Waals surface area contributed by atoms with Crippen molar-refractivity contribution in [1.82, 2.24) is 14.1 Å². The van der Waals surface area contributed by atoms with E-state index in [1.165, 1.54) is 0 Å². The van der Waals surface area contributed by atoms with Crippen LogP contribution in [0.5, 0.6) is 0 Å².